The van der Waals surface area contributed by atoms with Gasteiger partial charge in [0.2, 0.25) is 0 Å². The van der Waals surface area contributed by atoms with E-state index in [0.29, 0.717) is 0 Å². The Morgan fingerprint density at radius 3 is 2.44 bits per heavy atom. The number of aliphatic carboxylic acids is 1. The fraction of sp³-hybridized carbons (Fsp3) is 0.500. The molecule has 0 saturated carbocycles. The molecule has 0 aromatic heterocycles. The van der Waals surface area contributed by atoms with Crippen LogP contribution in [0.5, 0.6) is 0 Å². The minimum Gasteiger partial charge on any atom is -0.480 e. The van der Waals surface area contributed by atoms with E-state index in [9.17, 15) is 4.79 Å². The van der Waals surface area contributed by atoms with Crippen molar-refractivity contribution in [3.63, 3.8) is 0 Å². The molecule has 0 aromatic rings. The minimum atomic E-state index is -0.993. The van der Waals surface area contributed by atoms with E-state index in [-0.39, 0.29) is 12.5 Å². The molecule has 0 aromatic carbocycles. The third-order valence-corrected chi connectivity index (χ3v) is 0.784. The molecule has 0 radical (unpaired) electrons. The van der Waals surface area contributed by atoms with Crippen molar-refractivity contribution in [2.75, 3.05) is 13.6 Å². The van der Waals surface area contributed by atoms with Gasteiger partial charge >= 0.3 is 5.97 Å². The number of nitrogens with one attached hydrogen (secondary N) is 1. The third-order valence-electron chi connectivity index (χ3n) is 0.784. The Labute approximate surface area is 52.6 Å². The Morgan fingerprint density at radius 1 is 1.89 bits per heavy atom. The Hall–Kier alpha value is -1.26. The molecule has 0 atom stereocenters. The lowest BCUT2D eigenvalue weighted by Crippen LogP contribution is -2.36. The monoisotopic (exact) mass is 132 g/mol. The van der Waals surface area contributed by atoms with Crippen molar-refractivity contribution < 1.29 is 9.90 Å². The molecule has 9 heavy (non-hydrogen) atoms. The van der Waals surface area contributed by atoms with E-state index in [1.807, 2.05) is 0 Å². The summed E-state index contributed by atoms with van der Waals surface area (Å²) in [4.78, 5) is 11.0. The van der Waals surface area contributed by atoms with Gasteiger partial charge in [0.25, 0.3) is 0 Å². The van der Waals surface area contributed by atoms with Crippen LogP contribution in [0.4, 0.5) is 0 Å². The van der Waals surface area contributed by atoms with Crippen LogP contribution in [0.3, 0.4) is 0 Å². The molecule has 0 unspecified atom stereocenters. The highest BCUT2D eigenvalue weighted by Crippen LogP contribution is 1.76. The molecular formula is C4H9N3O2. The maximum atomic E-state index is 9.92. The highest BCUT2D eigenvalue weighted by molar-refractivity contribution is 5.79. The van der Waals surface area contributed by atoms with E-state index in [1.165, 1.54) is 7.05 Å². The second-order valence-electron chi connectivity index (χ2n) is 1.64. The highest BCUT2D eigenvalue weighted by atomic mass is 16.4. The van der Waals surface area contributed by atoms with Gasteiger partial charge in [0.1, 0.15) is 6.54 Å². The van der Waals surface area contributed by atoms with Crippen LogP contribution in [0, 0.1) is 5.41 Å². The van der Waals surface area contributed by atoms with Crippen LogP contribution < -0.4 is 5.73 Å². The Morgan fingerprint density at radius 2 is 2.33 bits per heavy atom. The second kappa shape index (κ2) is 2.91. The summed E-state index contributed by atoms with van der Waals surface area (Å²) in [5, 5.41) is 14.9. The summed E-state index contributed by atoms with van der Waals surface area (Å²) in [5.74, 6) is -1.23. The molecule has 52 valence electrons. The maximum absolute atomic E-state index is 9.92. The van der Waals surface area contributed by atoms with Gasteiger partial charge in [-0.3, -0.25) is 10.2 Å². The van der Waals surface area contributed by atoms with Crippen LogP contribution >= 0.6 is 0 Å². The van der Waals surface area contributed by atoms with Gasteiger partial charge in [-0.05, 0) is 0 Å². The molecule has 0 amide bonds. The molecule has 0 aliphatic carbocycles. The predicted octanol–water partition coefficient (Wildman–Crippen LogP) is -1.10. The molecular weight excluding hydrogens is 123 g/mol. The quantitative estimate of drug-likeness (QED) is 0.252. The van der Waals surface area contributed by atoms with Crippen LogP contribution in [0.1, 0.15) is 0 Å². The summed E-state index contributed by atoms with van der Waals surface area (Å²) < 4.78 is 0. The number of nitrogens with zero attached hydrogens (tertiary/aromatic N) is 1. The number of carboxylic acids is 1. The maximum Gasteiger partial charge on any atom is 0.323 e. The standard InChI is InChI=1S/C4H9N3O2/c1-7(4(5)6)2-3(8)9/h2H2,1H3,(H3,5,6)(H,8,9)/i4+1. The number of guanidine groups is 1. The zero-order chi connectivity index (χ0) is 7.44. The molecule has 0 spiro atoms. The zero-order valence-electron chi connectivity index (χ0n) is 5.09. The van der Waals surface area contributed by atoms with Gasteiger partial charge < -0.3 is 15.7 Å². The smallest absolute Gasteiger partial charge is 0.323 e. The van der Waals surface area contributed by atoms with Crippen LogP contribution in [0.25, 0.3) is 0 Å². The fourth-order valence-corrected chi connectivity index (χ4v) is 0.288. The summed E-state index contributed by atoms with van der Waals surface area (Å²) in [6, 6.07) is 0. The first-order chi connectivity index (χ1) is 4.04. The predicted molar refractivity (Wildman–Crippen MR) is 32.2 cm³/mol. The van der Waals surface area contributed by atoms with Gasteiger partial charge in [-0.1, -0.05) is 0 Å². The molecule has 0 aliphatic rings. The number of nitrogens with two attached hydrogens (primary N) is 1. The number of likely N-dealkylation sites (N-methyl/N-ethyl adjacent to an activating group) is 1. The topological polar surface area (TPSA) is 90.4 Å². The Bertz CT molecular complexity index is 134. The first-order valence-electron chi connectivity index (χ1n) is 2.31. The molecule has 0 aliphatic heterocycles. The third kappa shape index (κ3) is 3.33. The molecule has 5 heteroatoms. The summed E-state index contributed by atoms with van der Waals surface area (Å²) >= 11 is 0. The largest absolute Gasteiger partial charge is 0.480 e. The molecule has 0 saturated heterocycles. The summed E-state index contributed by atoms with van der Waals surface area (Å²) in [6.45, 7) is -0.227. The van der Waals surface area contributed by atoms with Crippen LogP contribution in [0.15, 0.2) is 0 Å². The van der Waals surface area contributed by atoms with Crippen molar-refractivity contribution >= 4 is 11.9 Å². The molecule has 5 nitrogen and oxygen atoms in total. The Kier molecular flexibility index (Phi) is 2.50. The molecule has 4 N–H and O–H groups in total. The molecule has 0 bridgehead atoms. The van der Waals surface area contributed by atoms with E-state index >= 15 is 0 Å². The zero-order valence-corrected chi connectivity index (χ0v) is 5.09. The van der Waals surface area contributed by atoms with Crippen LogP contribution in [0.2, 0.25) is 0 Å². The molecule has 0 fully saturated rings. The van der Waals surface area contributed by atoms with E-state index in [2.05, 4.69) is 0 Å². The van der Waals surface area contributed by atoms with Gasteiger partial charge in [-0.25, -0.2) is 0 Å². The van der Waals surface area contributed by atoms with Gasteiger partial charge in [0.15, 0.2) is 5.96 Å². The van der Waals surface area contributed by atoms with Gasteiger partial charge in [-0.15, -0.1) is 0 Å². The first-order valence-corrected chi connectivity index (χ1v) is 2.31. The Balaban J connectivity index is 3.63. The van der Waals surface area contributed by atoms with Crippen LogP contribution in [-0.4, -0.2) is 35.5 Å². The average molecular weight is 132 g/mol. The van der Waals surface area contributed by atoms with E-state index in [0.717, 1.165) is 4.90 Å². The minimum absolute atomic E-state index is 0.227. The average Bonchev–Trinajstić information content (AvgIpc) is 1.63. The summed E-state index contributed by atoms with van der Waals surface area (Å²) in [7, 11) is 1.44. The number of carbonyl (C=O) groups is 1. The number of hydrogen-bond donors (Lipinski definition) is 3. The second-order valence-corrected chi connectivity index (χ2v) is 1.64. The van der Waals surface area contributed by atoms with E-state index in [1.54, 1.807) is 0 Å². The van der Waals surface area contributed by atoms with Crippen molar-refractivity contribution in [3.05, 3.63) is 0 Å². The van der Waals surface area contributed by atoms with Crippen molar-refractivity contribution in [1.29, 1.82) is 5.41 Å². The fourth-order valence-electron chi connectivity index (χ4n) is 0.288. The number of carboxylic acid groups (broad SMARTS) is 1. The van der Waals surface area contributed by atoms with Gasteiger partial charge in [-0.2, -0.15) is 0 Å². The normalized spacial score (nSPS) is 8.56. The van der Waals surface area contributed by atoms with Crippen molar-refractivity contribution in [1.82, 2.24) is 4.90 Å². The molecule has 0 rings (SSSR count). The lowest BCUT2D eigenvalue weighted by molar-refractivity contribution is -0.137. The first kappa shape index (κ1) is 7.74. The van der Waals surface area contributed by atoms with E-state index in [4.69, 9.17) is 16.2 Å². The SMILES string of the molecule is CN(CC(=O)O)[13C](=N)N. The van der Waals surface area contributed by atoms with Crippen LogP contribution in [-0.2, 0) is 4.79 Å². The van der Waals surface area contributed by atoms with Crippen molar-refractivity contribution in [2.24, 2.45) is 5.73 Å². The summed E-state index contributed by atoms with van der Waals surface area (Å²) in [5.41, 5.74) is 4.93. The summed E-state index contributed by atoms with van der Waals surface area (Å²) in [6.07, 6.45) is 0. The number of rotatable bonds is 2. The number of hydrogen-bond acceptors (Lipinski definition) is 2. The lowest BCUT2D eigenvalue weighted by Gasteiger charge is -2.12. The van der Waals surface area contributed by atoms with Crippen molar-refractivity contribution in [3.8, 4) is 0 Å². The lowest BCUT2D eigenvalue weighted by atomic mass is 10.6. The van der Waals surface area contributed by atoms with E-state index < -0.39 is 5.97 Å². The molecule has 0 heterocycles. The van der Waals surface area contributed by atoms with Gasteiger partial charge in [0.05, 0.1) is 0 Å². The highest BCUT2D eigenvalue weighted by Gasteiger charge is 2.03. The van der Waals surface area contributed by atoms with Gasteiger partial charge in [0, 0.05) is 7.05 Å². The van der Waals surface area contributed by atoms with Crippen molar-refractivity contribution in [2.45, 2.75) is 0 Å².